The van der Waals surface area contributed by atoms with Gasteiger partial charge in [-0.15, -0.1) is 0 Å². The number of nitrogens with zero attached hydrogens (tertiary/aromatic N) is 2. The van der Waals surface area contributed by atoms with Crippen LogP contribution in [0.15, 0.2) is 47.3 Å². The van der Waals surface area contributed by atoms with Crippen molar-refractivity contribution in [2.45, 2.75) is 6.92 Å². The van der Waals surface area contributed by atoms with Crippen LogP contribution in [-0.2, 0) is 0 Å². The third kappa shape index (κ3) is 2.23. The molecule has 0 fully saturated rings. The van der Waals surface area contributed by atoms with Crippen molar-refractivity contribution < 1.29 is 4.39 Å². The van der Waals surface area contributed by atoms with Crippen LogP contribution in [0.4, 0.5) is 10.2 Å². The monoisotopic (exact) mass is 281 g/mol. The van der Waals surface area contributed by atoms with E-state index in [1.807, 2.05) is 13.0 Å². The molecule has 3 rings (SSSR count). The van der Waals surface area contributed by atoms with Crippen LogP contribution in [0.5, 0.6) is 0 Å². The first kappa shape index (κ1) is 13.2. The molecule has 0 saturated heterocycles. The Morgan fingerprint density at radius 3 is 2.57 bits per heavy atom. The Morgan fingerprint density at radius 1 is 1.05 bits per heavy atom. The van der Waals surface area contributed by atoms with Crippen LogP contribution < -0.4 is 11.3 Å². The minimum Gasteiger partial charge on any atom is -0.379 e. The van der Waals surface area contributed by atoms with E-state index in [1.165, 1.54) is 6.07 Å². The summed E-state index contributed by atoms with van der Waals surface area (Å²) < 4.78 is 14.1. The first-order chi connectivity index (χ1) is 10.1. The lowest BCUT2D eigenvalue weighted by Crippen LogP contribution is -2.09. The van der Waals surface area contributed by atoms with Gasteiger partial charge in [0.25, 0.3) is 0 Å². The van der Waals surface area contributed by atoms with Crippen molar-refractivity contribution in [2.75, 3.05) is 5.73 Å². The quantitative estimate of drug-likeness (QED) is 0.744. The molecule has 0 saturated carbocycles. The maximum atomic E-state index is 14.1. The Kier molecular flexibility index (Phi) is 3.10. The zero-order valence-corrected chi connectivity index (χ0v) is 11.3. The predicted octanol–water partition coefficient (Wildman–Crippen LogP) is 2.69. The molecule has 1 heterocycles. The van der Waals surface area contributed by atoms with Crippen LogP contribution in [0, 0.1) is 12.7 Å². The molecule has 0 bridgehead atoms. The highest BCUT2D eigenvalue weighted by molar-refractivity contribution is 5.94. The van der Waals surface area contributed by atoms with E-state index in [1.54, 1.807) is 30.3 Å². The van der Waals surface area contributed by atoms with E-state index in [0.29, 0.717) is 22.2 Å². The number of halogens is 1. The van der Waals surface area contributed by atoms with Crippen molar-refractivity contribution in [3.05, 3.63) is 64.2 Å². The smallest absolute Gasteiger partial charge is 0.312 e. The van der Waals surface area contributed by atoms with Crippen molar-refractivity contribution in [3.63, 3.8) is 0 Å². The average Bonchev–Trinajstić information content (AvgIpc) is 2.58. The second-order valence-corrected chi connectivity index (χ2v) is 4.71. The Hall–Kier alpha value is -2.82. The zero-order chi connectivity index (χ0) is 15.0. The van der Waals surface area contributed by atoms with E-state index in [-0.39, 0.29) is 5.82 Å². The largest absolute Gasteiger partial charge is 0.379 e. The van der Waals surface area contributed by atoms with Crippen molar-refractivity contribution in [3.8, 4) is 11.3 Å². The van der Waals surface area contributed by atoms with Gasteiger partial charge in [0.1, 0.15) is 5.82 Å². The van der Waals surface area contributed by atoms with Gasteiger partial charge in [0.15, 0.2) is 5.82 Å². The van der Waals surface area contributed by atoms with E-state index in [0.717, 1.165) is 5.56 Å². The molecule has 21 heavy (non-hydrogen) atoms. The lowest BCUT2D eigenvalue weighted by atomic mass is 10.0. The number of benzene rings is 2. The first-order valence-electron chi connectivity index (χ1n) is 6.40. The molecular weight excluding hydrogens is 269 g/mol. The summed E-state index contributed by atoms with van der Waals surface area (Å²) in [7, 11) is 0. The first-order valence-corrected chi connectivity index (χ1v) is 6.40. The summed E-state index contributed by atoms with van der Waals surface area (Å²) in [5, 5.41) is 0.622. The van der Waals surface area contributed by atoms with Gasteiger partial charge in [-0.3, -0.25) is 4.79 Å². The molecule has 0 aliphatic heterocycles. The van der Waals surface area contributed by atoms with E-state index >= 15 is 0 Å². The third-order valence-electron chi connectivity index (χ3n) is 3.29. The molecule has 0 amide bonds. The number of aryl methyl sites for hydroxylation is 1. The summed E-state index contributed by atoms with van der Waals surface area (Å²) in [6, 6.07) is 11.6. The number of nitrogens with two attached hydrogens (primary N) is 1. The molecule has 3 aromatic rings. The molecule has 0 atom stereocenters. The lowest BCUT2D eigenvalue weighted by Gasteiger charge is -2.05. The van der Waals surface area contributed by atoms with Crippen LogP contribution >= 0.6 is 0 Å². The molecule has 0 spiro atoms. The Balaban J connectivity index is 2.56. The van der Waals surface area contributed by atoms with E-state index in [9.17, 15) is 9.18 Å². The number of rotatable bonds is 1. The molecule has 2 aromatic carbocycles. The second kappa shape index (κ2) is 4.94. The van der Waals surface area contributed by atoms with Crippen LogP contribution in [0.2, 0.25) is 0 Å². The van der Waals surface area contributed by atoms with Crippen LogP contribution in [0.25, 0.3) is 22.2 Å². The Bertz CT molecular complexity index is 909. The highest BCUT2D eigenvalue weighted by atomic mass is 19.1. The summed E-state index contributed by atoms with van der Waals surface area (Å²) >= 11 is 0. The molecule has 0 aliphatic rings. The Morgan fingerprint density at radius 2 is 1.81 bits per heavy atom. The van der Waals surface area contributed by atoms with Crippen LogP contribution in [-0.4, -0.2) is 9.97 Å². The lowest BCUT2D eigenvalue weighted by molar-refractivity contribution is 0.631. The minimum absolute atomic E-state index is 0.246. The van der Waals surface area contributed by atoms with Gasteiger partial charge in [0.2, 0.25) is 0 Å². The minimum atomic E-state index is -0.617. The highest BCUT2D eigenvalue weighted by Gasteiger charge is 2.13. The van der Waals surface area contributed by atoms with E-state index in [2.05, 4.69) is 9.97 Å². The van der Waals surface area contributed by atoms with Gasteiger partial charge in [0.05, 0.1) is 11.2 Å². The molecule has 4 nitrogen and oxygen atoms in total. The van der Waals surface area contributed by atoms with Gasteiger partial charge in [-0.05, 0) is 30.7 Å². The van der Waals surface area contributed by atoms with Gasteiger partial charge in [-0.1, -0.05) is 24.3 Å². The average molecular weight is 281 g/mol. The fourth-order valence-electron chi connectivity index (χ4n) is 2.29. The molecule has 2 N–H and O–H groups in total. The number of aromatic nitrogens is 2. The summed E-state index contributed by atoms with van der Waals surface area (Å²) in [6.07, 6.45) is 0. The number of anilines is 1. The van der Waals surface area contributed by atoms with Crippen molar-refractivity contribution in [1.29, 1.82) is 0 Å². The third-order valence-corrected chi connectivity index (χ3v) is 3.29. The second-order valence-electron chi connectivity index (χ2n) is 4.71. The molecule has 0 unspecified atom stereocenters. The standard InChI is InChI=1S/C16H12FN3O/c1-9-5-4-8-12-13(9)14(20-15(18)16(21)19-12)10-6-2-3-7-11(10)17/h2-8H,1H3,(H2,18,19,20,21). The maximum Gasteiger partial charge on any atom is 0.312 e. The topological polar surface area (TPSA) is 68.9 Å². The number of hydrogen-bond donors (Lipinski definition) is 1. The SMILES string of the molecule is Cc1cccc2nc(=O)c(N)nc(-c3ccccc3F)c12. The molecule has 5 heteroatoms. The van der Waals surface area contributed by atoms with Crippen molar-refractivity contribution in [1.82, 2.24) is 9.97 Å². The summed E-state index contributed by atoms with van der Waals surface area (Å²) in [6.45, 7) is 1.86. The summed E-state index contributed by atoms with van der Waals surface area (Å²) in [5.41, 5.74) is 6.95. The molecule has 0 aliphatic carbocycles. The van der Waals surface area contributed by atoms with Crippen molar-refractivity contribution in [2.24, 2.45) is 0 Å². The van der Waals surface area contributed by atoms with Gasteiger partial charge in [-0.2, -0.15) is 0 Å². The van der Waals surface area contributed by atoms with E-state index in [4.69, 9.17) is 5.73 Å². The zero-order valence-electron chi connectivity index (χ0n) is 11.3. The van der Waals surface area contributed by atoms with Gasteiger partial charge >= 0.3 is 5.56 Å². The molecule has 1 aromatic heterocycles. The van der Waals surface area contributed by atoms with Gasteiger partial charge in [0, 0.05) is 10.9 Å². The number of nitrogen functional groups attached to an aromatic ring is 1. The maximum absolute atomic E-state index is 14.1. The number of hydrogen-bond acceptors (Lipinski definition) is 4. The fraction of sp³-hybridized carbons (Fsp3) is 0.0625. The van der Waals surface area contributed by atoms with Gasteiger partial charge < -0.3 is 5.73 Å². The summed E-state index contributed by atoms with van der Waals surface area (Å²) in [5.74, 6) is -0.670. The van der Waals surface area contributed by atoms with Gasteiger partial charge in [-0.25, -0.2) is 14.4 Å². The molecule has 0 radical (unpaired) electrons. The molecule has 104 valence electrons. The predicted molar refractivity (Wildman–Crippen MR) is 80.4 cm³/mol. The fourth-order valence-corrected chi connectivity index (χ4v) is 2.29. The van der Waals surface area contributed by atoms with Crippen LogP contribution in [0.3, 0.4) is 0 Å². The highest BCUT2D eigenvalue weighted by Crippen LogP contribution is 2.29. The van der Waals surface area contributed by atoms with Crippen LogP contribution in [0.1, 0.15) is 5.56 Å². The number of fused-ring (bicyclic) bond motifs is 1. The normalized spacial score (nSPS) is 10.8. The summed E-state index contributed by atoms with van der Waals surface area (Å²) in [4.78, 5) is 19.9. The van der Waals surface area contributed by atoms with Crippen molar-refractivity contribution >= 4 is 16.7 Å². The molecular formula is C16H12FN3O. The van der Waals surface area contributed by atoms with E-state index < -0.39 is 11.4 Å². The Labute approximate surface area is 120 Å².